The van der Waals surface area contributed by atoms with Gasteiger partial charge in [-0.2, -0.15) is 0 Å². The standard InChI is InChI=1S/C10H10BrN4.HI/c1-14-8-15(7-13-14)12-6-9-2-4-10(11)5-3-9;/h2-8H,1H3;1H/q+1;/p-1. The monoisotopic (exact) mass is 392 g/mol. The van der Waals surface area contributed by atoms with Gasteiger partial charge < -0.3 is 24.0 Å². The lowest BCUT2D eigenvalue weighted by atomic mass is 10.2. The molecule has 0 saturated carbocycles. The van der Waals surface area contributed by atoms with Gasteiger partial charge in [0.05, 0.1) is 13.3 Å². The van der Waals surface area contributed by atoms with Crippen molar-refractivity contribution in [2.45, 2.75) is 0 Å². The Kier molecular flexibility index (Phi) is 5.07. The van der Waals surface area contributed by atoms with Gasteiger partial charge in [-0.15, -0.1) is 14.5 Å². The first-order chi connectivity index (χ1) is 7.24. The molecule has 0 amide bonds. The predicted octanol–water partition coefficient (Wildman–Crippen LogP) is -1.64. The van der Waals surface area contributed by atoms with Crippen LogP contribution in [0.4, 0.5) is 0 Å². The van der Waals surface area contributed by atoms with Crippen LogP contribution in [0, 0.1) is 0 Å². The summed E-state index contributed by atoms with van der Waals surface area (Å²) in [6.45, 7) is 0. The van der Waals surface area contributed by atoms with Crippen LogP contribution in [0.3, 0.4) is 0 Å². The van der Waals surface area contributed by atoms with Gasteiger partial charge in [-0.3, -0.25) is 0 Å². The number of hydrogen-bond acceptors (Lipinski definition) is 2. The second kappa shape index (κ2) is 6.09. The molecule has 0 spiro atoms. The highest BCUT2D eigenvalue weighted by Crippen LogP contribution is 2.08. The number of aryl methyl sites for hydroxylation is 1. The van der Waals surface area contributed by atoms with E-state index in [2.05, 4.69) is 26.1 Å². The number of halogens is 2. The summed E-state index contributed by atoms with van der Waals surface area (Å²) >= 11 is 3.38. The Morgan fingerprint density at radius 3 is 2.62 bits per heavy atom. The van der Waals surface area contributed by atoms with E-state index in [1.54, 1.807) is 28.2 Å². The molecule has 0 radical (unpaired) electrons. The molecule has 0 atom stereocenters. The molecule has 4 nitrogen and oxygen atoms in total. The van der Waals surface area contributed by atoms with Crippen molar-refractivity contribution in [2.24, 2.45) is 12.1 Å². The number of benzene rings is 1. The molecule has 1 aromatic carbocycles. The SMILES string of the molecule is Cn1c[n+](N=Cc2ccc(Br)cc2)cn1.[I-]. The maximum absolute atomic E-state index is 4.22. The Morgan fingerprint density at radius 1 is 1.38 bits per heavy atom. The molecule has 0 N–H and O–H groups in total. The van der Waals surface area contributed by atoms with Crippen LogP contribution in [0.2, 0.25) is 0 Å². The average Bonchev–Trinajstić information content (AvgIpc) is 2.64. The summed E-state index contributed by atoms with van der Waals surface area (Å²) in [4.78, 5) is 0. The second-order valence-corrected chi connectivity index (χ2v) is 4.01. The van der Waals surface area contributed by atoms with Crippen molar-refractivity contribution in [3.05, 3.63) is 47.0 Å². The van der Waals surface area contributed by atoms with E-state index in [1.807, 2.05) is 31.3 Å². The molecule has 0 fully saturated rings. The normalized spacial score (nSPS) is 10.4. The molecule has 2 aromatic rings. The number of hydrogen-bond donors (Lipinski definition) is 0. The van der Waals surface area contributed by atoms with Crippen LogP contribution < -0.4 is 28.7 Å². The van der Waals surface area contributed by atoms with Crippen molar-refractivity contribution in [2.75, 3.05) is 0 Å². The Balaban J connectivity index is 0.00000128. The smallest absolute Gasteiger partial charge is 0.288 e. The molecular weight excluding hydrogens is 383 g/mol. The lowest BCUT2D eigenvalue weighted by Gasteiger charge is -1.91. The molecule has 0 saturated heterocycles. The van der Waals surface area contributed by atoms with Crippen LogP contribution in [0.5, 0.6) is 0 Å². The maximum atomic E-state index is 4.22. The summed E-state index contributed by atoms with van der Waals surface area (Å²) < 4.78 is 4.41. The fraction of sp³-hybridized carbons (Fsp3) is 0.100. The zero-order valence-electron chi connectivity index (χ0n) is 8.59. The summed E-state index contributed by atoms with van der Waals surface area (Å²) in [5.41, 5.74) is 1.05. The first-order valence-electron chi connectivity index (χ1n) is 4.44. The number of rotatable bonds is 2. The van der Waals surface area contributed by atoms with E-state index in [0.717, 1.165) is 10.0 Å². The first-order valence-corrected chi connectivity index (χ1v) is 5.23. The molecule has 84 valence electrons. The number of nitrogens with zero attached hydrogens (tertiary/aromatic N) is 4. The highest BCUT2D eigenvalue weighted by Gasteiger charge is 1.97. The molecule has 0 aliphatic rings. The topological polar surface area (TPSA) is 34.1 Å². The average molecular weight is 393 g/mol. The second-order valence-electron chi connectivity index (χ2n) is 3.10. The molecule has 1 heterocycles. The minimum atomic E-state index is 0. The molecule has 0 aliphatic carbocycles. The van der Waals surface area contributed by atoms with Crippen LogP contribution in [0.15, 0.2) is 46.5 Å². The summed E-state index contributed by atoms with van der Waals surface area (Å²) in [7, 11) is 1.85. The van der Waals surface area contributed by atoms with E-state index >= 15 is 0 Å². The van der Waals surface area contributed by atoms with Gasteiger partial charge in [-0.1, -0.05) is 28.1 Å². The van der Waals surface area contributed by atoms with Gasteiger partial charge in [0.25, 0.3) is 6.33 Å². The molecule has 1 aromatic heterocycles. The summed E-state index contributed by atoms with van der Waals surface area (Å²) in [5.74, 6) is 0. The van der Waals surface area contributed by atoms with E-state index in [1.165, 1.54) is 0 Å². The highest BCUT2D eigenvalue weighted by molar-refractivity contribution is 9.10. The lowest BCUT2D eigenvalue weighted by Crippen LogP contribution is -3.00. The molecule has 0 aliphatic heterocycles. The van der Waals surface area contributed by atoms with Crippen LogP contribution >= 0.6 is 15.9 Å². The fourth-order valence-electron chi connectivity index (χ4n) is 1.11. The zero-order chi connectivity index (χ0) is 10.7. The number of aromatic nitrogens is 3. The molecular formula is C10H10BrIN4. The van der Waals surface area contributed by atoms with Crippen molar-refractivity contribution in [1.82, 2.24) is 9.78 Å². The van der Waals surface area contributed by atoms with E-state index in [0.29, 0.717) is 0 Å². The van der Waals surface area contributed by atoms with Crippen molar-refractivity contribution < 1.29 is 28.7 Å². The molecule has 0 bridgehead atoms. The van der Waals surface area contributed by atoms with Crippen molar-refractivity contribution in [3.8, 4) is 0 Å². The van der Waals surface area contributed by atoms with E-state index in [9.17, 15) is 0 Å². The predicted molar refractivity (Wildman–Crippen MR) is 60.5 cm³/mol. The quantitative estimate of drug-likeness (QED) is 0.343. The van der Waals surface area contributed by atoms with Crippen LogP contribution in [-0.4, -0.2) is 16.0 Å². The van der Waals surface area contributed by atoms with Gasteiger partial charge in [0.2, 0.25) is 6.33 Å². The Bertz CT molecular complexity index is 478. The van der Waals surface area contributed by atoms with Crippen LogP contribution in [0.25, 0.3) is 0 Å². The molecule has 0 unspecified atom stereocenters. The zero-order valence-corrected chi connectivity index (χ0v) is 12.3. The summed E-state index contributed by atoms with van der Waals surface area (Å²) in [5, 5.41) is 8.22. The Labute approximate surface area is 119 Å². The van der Waals surface area contributed by atoms with Crippen molar-refractivity contribution in [3.63, 3.8) is 0 Å². The Hall–Kier alpha value is -0.760. The van der Waals surface area contributed by atoms with Crippen LogP contribution in [-0.2, 0) is 7.05 Å². The third-order valence-corrected chi connectivity index (χ3v) is 2.38. The largest absolute Gasteiger partial charge is 1.00 e. The highest BCUT2D eigenvalue weighted by atomic mass is 127. The fourth-order valence-corrected chi connectivity index (χ4v) is 1.37. The third kappa shape index (κ3) is 3.67. The van der Waals surface area contributed by atoms with Gasteiger partial charge in [0.15, 0.2) is 0 Å². The lowest BCUT2D eigenvalue weighted by molar-refractivity contribution is -0.679. The maximum Gasteiger partial charge on any atom is 0.288 e. The molecule has 6 heteroatoms. The minimum absolute atomic E-state index is 0. The molecule has 16 heavy (non-hydrogen) atoms. The van der Waals surface area contributed by atoms with Crippen molar-refractivity contribution >= 4 is 22.1 Å². The van der Waals surface area contributed by atoms with Gasteiger partial charge in [0, 0.05) is 9.57 Å². The minimum Gasteiger partial charge on any atom is -1.00 e. The van der Waals surface area contributed by atoms with E-state index in [-0.39, 0.29) is 24.0 Å². The first kappa shape index (κ1) is 13.3. The summed E-state index contributed by atoms with van der Waals surface area (Å²) in [6, 6.07) is 7.94. The molecule has 2 rings (SSSR count). The van der Waals surface area contributed by atoms with Gasteiger partial charge in [0.1, 0.15) is 0 Å². The van der Waals surface area contributed by atoms with Gasteiger partial charge in [-0.05, 0) is 17.7 Å². The van der Waals surface area contributed by atoms with Crippen LogP contribution in [0.1, 0.15) is 5.56 Å². The van der Waals surface area contributed by atoms with Crippen molar-refractivity contribution in [1.29, 1.82) is 0 Å². The van der Waals surface area contributed by atoms with E-state index < -0.39 is 0 Å². The summed E-state index contributed by atoms with van der Waals surface area (Å²) in [6.07, 6.45) is 5.22. The van der Waals surface area contributed by atoms with E-state index in [4.69, 9.17) is 0 Å². The van der Waals surface area contributed by atoms with Gasteiger partial charge >= 0.3 is 0 Å². The third-order valence-electron chi connectivity index (χ3n) is 1.85. The van der Waals surface area contributed by atoms with Gasteiger partial charge in [-0.25, -0.2) is 0 Å². The Morgan fingerprint density at radius 2 is 2.06 bits per heavy atom.